The van der Waals surface area contributed by atoms with Crippen LogP contribution < -0.4 is 14.5 Å². The highest BCUT2D eigenvalue weighted by Gasteiger charge is 2.36. The summed E-state index contributed by atoms with van der Waals surface area (Å²) in [6.07, 6.45) is 1.86. The Hall–Kier alpha value is -2.86. The molecule has 5 nitrogen and oxygen atoms in total. The van der Waals surface area contributed by atoms with Gasteiger partial charge in [-0.3, -0.25) is 9.69 Å². The number of hydrogen-bond acceptors (Lipinski definition) is 4. The van der Waals surface area contributed by atoms with Crippen LogP contribution in [-0.4, -0.2) is 43.7 Å². The largest absolute Gasteiger partial charge is 0.494 e. The van der Waals surface area contributed by atoms with Crippen molar-refractivity contribution in [3.05, 3.63) is 59.8 Å². The summed E-state index contributed by atoms with van der Waals surface area (Å²) in [6, 6.07) is 15.4. The Morgan fingerprint density at radius 3 is 2.26 bits per heavy atom. The summed E-state index contributed by atoms with van der Waals surface area (Å²) >= 11 is 5.51. The number of hydrogen-bond donors (Lipinski definition) is 0. The van der Waals surface area contributed by atoms with E-state index < -0.39 is 0 Å². The number of thiocarbonyl (C=S) groups is 1. The summed E-state index contributed by atoms with van der Waals surface area (Å²) in [5.41, 5.74) is 3.33. The van der Waals surface area contributed by atoms with Crippen molar-refractivity contribution in [1.82, 2.24) is 4.90 Å². The van der Waals surface area contributed by atoms with Crippen LogP contribution in [0.25, 0.3) is 6.08 Å². The van der Waals surface area contributed by atoms with Crippen LogP contribution in [0, 0.1) is 0 Å². The van der Waals surface area contributed by atoms with Crippen molar-refractivity contribution >= 4 is 40.7 Å². The van der Waals surface area contributed by atoms with Crippen LogP contribution in [0.5, 0.6) is 5.75 Å². The minimum absolute atomic E-state index is 0.136. The van der Waals surface area contributed by atoms with E-state index in [4.69, 9.17) is 17.0 Å². The van der Waals surface area contributed by atoms with Crippen molar-refractivity contribution < 1.29 is 9.53 Å². The molecule has 0 radical (unpaired) electrons. The van der Waals surface area contributed by atoms with E-state index in [1.54, 1.807) is 9.80 Å². The molecule has 2 aromatic carbocycles. The number of carbonyl (C=O) groups excluding carboxylic acids is 1. The van der Waals surface area contributed by atoms with Gasteiger partial charge in [-0.25, -0.2) is 0 Å². The standard InChI is InChI=1S/C21H23N3O2S/c1-5-26-18-12-10-17(11-13-18)24-20(25)19(23(4)21(24)27)14-15-6-8-16(9-7-15)22(2)3/h6-14H,5H2,1-4H3/b19-14-. The summed E-state index contributed by atoms with van der Waals surface area (Å²) in [5.74, 6) is 0.632. The second-order valence-electron chi connectivity index (χ2n) is 6.42. The summed E-state index contributed by atoms with van der Waals surface area (Å²) in [6.45, 7) is 2.53. The molecular formula is C21H23N3O2S. The molecule has 0 aromatic heterocycles. The first-order chi connectivity index (χ1) is 12.9. The smallest absolute Gasteiger partial charge is 0.281 e. The van der Waals surface area contributed by atoms with Gasteiger partial charge in [-0.1, -0.05) is 12.1 Å². The molecule has 0 N–H and O–H groups in total. The monoisotopic (exact) mass is 381 g/mol. The molecular weight excluding hydrogens is 358 g/mol. The van der Waals surface area contributed by atoms with E-state index in [0.717, 1.165) is 22.7 Å². The van der Waals surface area contributed by atoms with Gasteiger partial charge < -0.3 is 14.5 Å². The Labute approximate surface area is 165 Å². The highest BCUT2D eigenvalue weighted by molar-refractivity contribution is 7.80. The second kappa shape index (κ2) is 7.80. The Morgan fingerprint density at radius 2 is 1.70 bits per heavy atom. The molecule has 27 heavy (non-hydrogen) atoms. The van der Waals surface area contributed by atoms with Crippen molar-refractivity contribution in [2.45, 2.75) is 6.92 Å². The van der Waals surface area contributed by atoms with Crippen LogP contribution in [0.15, 0.2) is 54.2 Å². The Morgan fingerprint density at radius 1 is 1.07 bits per heavy atom. The number of benzene rings is 2. The first-order valence-electron chi connectivity index (χ1n) is 8.76. The Balaban J connectivity index is 1.88. The van der Waals surface area contributed by atoms with Crippen molar-refractivity contribution in [3.63, 3.8) is 0 Å². The highest BCUT2D eigenvalue weighted by atomic mass is 32.1. The van der Waals surface area contributed by atoms with Crippen LogP contribution in [0.1, 0.15) is 12.5 Å². The second-order valence-corrected chi connectivity index (χ2v) is 6.79. The molecule has 1 aliphatic heterocycles. The third kappa shape index (κ3) is 3.80. The molecule has 0 unspecified atom stereocenters. The molecule has 1 amide bonds. The van der Waals surface area contributed by atoms with Crippen LogP contribution in [0.4, 0.5) is 11.4 Å². The molecule has 140 valence electrons. The van der Waals surface area contributed by atoms with Crippen LogP contribution in [0.3, 0.4) is 0 Å². The lowest BCUT2D eigenvalue weighted by Gasteiger charge is -2.16. The minimum Gasteiger partial charge on any atom is -0.494 e. The summed E-state index contributed by atoms with van der Waals surface area (Å²) in [7, 11) is 5.80. The average Bonchev–Trinajstić information content (AvgIpc) is 2.87. The van der Waals surface area contributed by atoms with E-state index >= 15 is 0 Å². The zero-order valence-corrected chi connectivity index (χ0v) is 16.8. The van der Waals surface area contributed by atoms with Gasteiger partial charge in [0.1, 0.15) is 11.4 Å². The van der Waals surface area contributed by atoms with E-state index in [2.05, 4.69) is 0 Å². The van der Waals surface area contributed by atoms with Gasteiger partial charge in [0.05, 0.1) is 12.3 Å². The summed E-state index contributed by atoms with van der Waals surface area (Å²) in [4.78, 5) is 18.3. The van der Waals surface area contributed by atoms with Crippen LogP contribution >= 0.6 is 12.2 Å². The van der Waals surface area contributed by atoms with Gasteiger partial charge in [0, 0.05) is 26.8 Å². The summed E-state index contributed by atoms with van der Waals surface area (Å²) in [5, 5.41) is 0.459. The van der Waals surface area contributed by atoms with E-state index in [1.165, 1.54) is 0 Å². The van der Waals surface area contributed by atoms with Gasteiger partial charge >= 0.3 is 0 Å². The number of amides is 1. The molecule has 1 heterocycles. The molecule has 0 atom stereocenters. The van der Waals surface area contributed by atoms with Crippen molar-refractivity contribution in [1.29, 1.82) is 0 Å². The minimum atomic E-state index is -0.136. The molecule has 0 bridgehead atoms. The number of likely N-dealkylation sites (N-methyl/N-ethyl adjacent to an activating group) is 1. The molecule has 1 fully saturated rings. The van der Waals surface area contributed by atoms with Crippen molar-refractivity contribution in [3.8, 4) is 5.75 Å². The van der Waals surface area contributed by atoms with Gasteiger partial charge in [-0.2, -0.15) is 0 Å². The fourth-order valence-electron chi connectivity index (χ4n) is 2.87. The normalized spacial score (nSPS) is 15.6. The third-order valence-corrected chi connectivity index (χ3v) is 4.84. The van der Waals surface area contributed by atoms with Gasteiger partial charge in [0.2, 0.25) is 0 Å². The molecule has 6 heteroatoms. The Bertz CT molecular complexity index is 873. The van der Waals surface area contributed by atoms with Crippen LogP contribution in [0.2, 0.25) is 0 Å². The predicted octanol–water partition coefficient (Wildman–Crippen LogP) is 3.76. The number of carbonyl (C=O) groups is 1. The zero-order valence-electron chi connectivity index (χ0n) is 16.0. The van der Waals surface area contributed by atoms with E-state index in [1.807, 2.05) is 87.6 Å². The maximum atomic E-state index is 13.0. The van der Waals surface area contributed by atoms with Crippen LogP contribution in [-0.2, 0) is 4.79 Å². The molecule has 0 aliphatic carbocycles. The maximum absolute atomic E-state index is 13.0. The van der Waals surface area contributed by atoms with Gasteiger partial charge in [0.25, 0.3) is 5.91 Å². The fourth-order valence-corrected chi connectivity index (χ4v) is 3.16. The zero-order chi connectivity index (χ0) is 19.6. The van der Waals surface area contributed by atoms with Gasteiger partial charge in [-0.05, 0) is 67.2 Å². The van der Waals surface area contributed by atoms with E-state index in [0.29, 0.717) is 17.4 Å². The maximum Gasteiger partial charge on any atom is 0.281 e. The highest BCUT2D eigenvalue weighted by Crippen LogP contribution is 2.29. The molecule has 2 aromatic rings. The van der Waals surface area contributed by atoms with Gasteiger partial charge in [0.15, 0.2) is 5.11 Å². The first-order valence-corrected chi connectivity index (χ1v) is 9.17. The van der Waals surface area contributed by atoms with Crippen molar-refractivity contribution in [2.24, 2.45) is 0 Å². The molecule has 0 spiro atoms. The van der Waals surface area contributed by atoms with E-state index in [-0.39, 0.29) is 5.91 Å². The molecule has 3 rings (SSSR count). The topological polar surface area (TPSA) is 36.0 Å². The number of rotatable bonds is 5. The summed E-state index contributed by atoms with van der Waals surface area (Å²) < 4.78 is 5.46. The quantitative estimate of drug-likeness (QED) is 0.582. The van der Waals surface area contributed by atoms with Crippen molar-refractivity contribution in [2.75, 3.05) is 37.5 Å². The van der Waals surface area contributed by atoms with Gasteiger partial charge in [-0.15, -0.1) is 0 Å². The lowest BCUT2D eigenvalue weighted by atomic mass is 10.1. The SMILES string of the molecule is CCOc1ccc(N2C(=O)/C(=C/c3ccc(N(C)C)cc3)N(C)C2=S)cc1. The van der Waals surface area contributed by atoms with E-state index in [9.17, 15) is 4.79 Å². The Kier molecular flexibility index (Phi) is 5.46. The predicted molar refractivity (Wildman–Crippen MR) is 114 cm³/mol. The molecule has 0 saturated carbocycles. The number of anilines is 2. The lowest BCUT2D eigenvalue weighted by molar-refractivity contribution is -0.114. The fraction of sp³-hybridized carbons (Fsp3) is 0.238. The third-order valence-electron chi connectivity index (χ3n) is 4.38. The first kappa shape index (κ1) is 18.9. The number of nitrogens with zero attached hydrogens (tertiary/aromatic N) is 3. The average molecular weight is 382 g/mol. The molecule has 1 aliphatic rings. The number of ether oxygens (including phenoxy) is 1. The molecule has 1 saturated heterocycles. The lowest BCUT2D eigenvalue weighted by Crippen LogP contribution is -2.31.